The normalized spacial score (nSPS) is 19.7. The van der Waals surface area contributed by atoms with E-state index in [0.717, 1.165) is 36.9 Å². The van der Waals surface area contributed by atoms with E-state index in [-0.39, 0.29) is 17.7 Å². The van der Waals surface area contributed by atoms with Crippen molar-refractivity contribution in [1.29, 1.82) is 0 Å². The minimum atomic E-state index is -0.0320. The molecule has 1 saturated carbocycles. The SMILES string of the molecule is Cc1ccc(NC(=O)C2CCN(C(=O)C3CCCCC3)CC2)cc1Cl. The average Bonchev–Trinajstić information content (AvgIpc) is 2.65. The first-order valence-electron chi connectivity index (χ1n) is 9.40. The summed E-state index contributed by atoms with van der Waals surface area (Å²) in [4.78, 5) is 27.1. The monoisotopic (exact) mass is 362 g/mol. The molecule has 0 radical (unpaired) electrons. The molecule has 25 heavy (non-hydrogen) atoms. The van der Waals surface area contributed by atoms with Crippen molar-refractivity contribution in [2.24, 2.45) is 11.8 Å². The molecule has 1 aromatic rings. The van der Waals surface area contributed by atoms with E-state index in [9.17, 15) is 9.59 Å². The van der Waals surface area contributed by atoms with E-state index >= 15 is 0 Å². The van der Waals surface area contributed by atoms with Crippen LogP contribution in [-0.2, 0) is 9.59 Å². The molecule has 136 valence electrons. The Labute approximate surface area is 154 Å². The molecular weight excluding hydrogens is 336 g/mol. The van der Waals surface area contributed by atoms with Crippen molar-refractivity contribution in [3.63, 3.8) is 0 Å². The third kappa shape index (κ3) is 4.55. The van der Waals surface area contributed by atoms with Gasteiger partial charge in [0.25, 0.3) is 0 Å². The second kappa shape index (κ2) is 8.22. The number of halogens is 1. The second-order valence-electron chi connectivity index (χ2n) is 7.39. The lowest BCUT2D eigenvalue weighted by Crippen LogP contribution is -2.44. The number of benzene rings is 1. The van der Waals surface area contributed by atoms with Gasteiger partial charge in [-0.25, -0.2) is 0 Å². The van der Waals surface area contributed by atoms with Gasteiger partial charge in [0, 0.05) is 35.6 Å². The van der Waals surface area contributed by atoms with Crippen LogP contribution < -0.4 is 5.32 Å². The predicted molar refractivity (Wildman–Crippen MR) is 101 cm³/mol. The quantitative estimate of drug-likeness (QED) is 0.866. The van der Waals surface area contributed by atoms with Gasteiger partial charge in [0.2, 0.25) is 11.8 Å². The van der Waals surface area contributed by atoms with Gasteiger partial charge >= 0.3 is 0 Å². The molecular formula is C20H27ClN2O2. The number of piperidine rings is 1. The van der Waals surface area contributed by atoms with Gasteiger partial charge in [-0.05, 0) is 50.3 Å². The average molecular weight is 363 g/mol. The van der Waals surface area contributed by atoms with Crippen LogP contribution in [-0.4, -0.2) is 29.8 Å². The van der Waals surface area contributed by atoms with Gasteiger partial charge < -0.3 is 10.2 Å². The summed E-state index contributed by atoms with van der Waals surface area (Å²) < 4.78 is 0. The maximum Gasteiger partial charge on any atom is 0.227 e. The number of amides is 2. The molecule has 2 aliphatic rings. The number of aryl methyl sites for hydroxylation is 1. The maximum atomic E-state index is 12.6. The highest BCUT2D eigenvalue weighted by Gasteiger charge is 2.31. The Morgan fingerprint density at radius 2 is 1.72 bits per heavy atom. The van der Waals surface area contributed by atoms with Crippen LogP contribution in [0.5, 0.6) is 0 Å². The summed E-state index contributed by atoms with van der Waals surface area (Å²) in [6.07, 6.45) is 7.16. The molecule has 4 nitrogen and oxygen atoms in total. The Morgan fingerprint density at radius 1 is 1.04 bits per heavy atom. The van der Waals surface area contributed by atoms with E-state index in [1.165, 1.54) is 19.3 Å². The minimum Gasteiger partial charge on any atom is -0.342 e. The van der Waals surface area contributed by atoms with E-state index in [4.69, 9.17) is 11.6 Å². The highest BCUT2D eigenvalue weighted by atomic mass is 35.5. The van der Waals surface area contributed by atoms with Crippen molar-refractivity contribution in [3.05, 3.63) is 28.8 Å². The lowest BCUT2D eigenvalue weighted by molar-refractivity contribution is -0.139. The molecule has 1 heterocycles. The number of nitrogens with zero attached hydrogens (tertiary/aromatic N) is 1. The van der Waals surface area contributed by atoms with E-state index in [1.54, 1.807) is 6.07 Å². The van der Waals surface area contributed by atoms with Crippen molar-refractivity contribution in [1.82, 2.24) is 4.90 Å². The number of rotatable bonds is 3. The largest absolute Gasteiger partial charge is 0.342 e. The molecule has 0 bridgehead atoms. The summed E-state index contributed by atoms with van der Waals surface area (Å²) in [5.74, 6) is 0.526. The number of hydrogen-bond donors (Lipinski definition) is 1. The predicted octanol–water partition coefficient (Wildman–Crippen LogP) is 4.41. The molecule has 1 aromatic carbocycles. The summed E-state index contributed by atoms with van der Waals surface area (Å²) >= 11 is 6.12. The Bertz CT molecular complexity index is 633. The zero-order valence-corrected chi connectivity index (χ0v) is 15.6. The minimum absolute atomic E-state index is 0.0320. The van der Waals surface area contributed by atoms with Gasteiger partial charge in [-0.15, -0.1) is 0 Å². The molecule has 0 atom stereocenters. The summed E-state index contributed by atoms with van der Waals surface area (Å²) in [5.41, 5.74) is 1.73. The first-order valence-corrected chi connectivity index (χ1v) is 9.78. The Morgan fingerprint density at radius 3 is 2.36 bits per heavy atom. The standard InChI is InChI=1S/C20H27ClN2O2/c1-14-7-8-17(13-18(14)21)22-19(24)15-9-11-23(12-10-15)20(25)16-5-3-2-4-6-16/h7-8,13,15-16H,2-6,9-12H2,1H3,(H,22,24). The summed E-state index contributed by atoms with van der Waals surface area (Å²) in [7, 11) is 0. The van der Waals surface area contributed by atoms with Gasteiger partial charge in [0.15, 0.2) is 0 Å². The van der Waals surface area contributed by atoms with Crippen molar-refractivity contribution < 1.29 is 9.59 Å². The van der Waals surface area contributed by atoms with Crippen molar-refractivity contribution >= 4 is 29.1 Å². The highest BCUT2D eigenvalue weighted by molar-refractivity contribution is 6.31. The molecule has 2 fully saturated rings. The number of nitrogens with one attached hydrogen (secondary N) is 1. The molecule has 2 amide bonds. The van der Waals surface area contributed by atoms with Gasteiger partial charge in [-0.3, -0.25) is 9.59 Å². The molecule has 1 aliphatic carbocycles. The molecule has 1 aliphatic heterocycles. The molecule has 0 aromatic heterocycles. The van der Waals surface area contributed by atoms with Gasteiger partial charge in [0.05, 0.1) is 0 Å². The second-order valence-corrected chi connectivity index (χ2v) is 7.79. The molecule has 5 heteroatoms. The van der Waals surface area contributed by atoms with Gasteiger partial charge in [-0.1, -0.05) is 36.9 Å². The van der Waals surface area contributed by atoms with Crippen molar-refractivity contribution in [2.45, 2.75) is 51.9 Å². The number of anilines is 1. The molecule has 3 rings (SSSR count). The van der Waals surface area contributed by atoms with Crippen LogP contribution in [0.15, 0.2) is 18.2 Å². The summed E-state index contributed by atoms with van der Waals surface area (Å²) in [6.45, 7) is 3.33. The number of hydrogen-bond acceptors (Lipinski definition) is 2. The third-order valence-corrected chi connectivity index (χ3v) is 5.98. The fourth-order valence-corrected chi connectivity index (χ4v) is 4.07. The zero-order chi connectivity index (χ0) is 17.8. The third-order valence-electron chi connectivity index (χ3n) is 5.57. The Balaban J connectivity index is 1.50. The molecule has 0 spiro atoms. The molecule has 1 N–H and O–H groups in total. The van der Waals surface area contributed by atoms with Crippen LogP contribution in [0.4, 0.5) is 5.69 Å². The van der Waals surface area contributed by atoms with Gasteiger partial charge in [0.1, 0.15) is 0 Å². The van der Waals surface area contributed by atoms with Crippen LogP contribution >= 0.6 is 11.6 Å². The number of carbonyl (C=O) groups excluding carboxylic acids is 2. The molecule has 1 saturated heterocycles. The van der Waals surface area contributed by atoms with E-state index in [2.05, 4.69) is 5.32 Å². The maximum absolute atomic E-state index is 12.6. The number of carbonyl (C=O) groups is 2. The van der Waals surface area contributed by atoms with E-state index in [0.29, 0.717) is 24.0 Å². The first-order chi connectivity index (χ1) is 12.0. The van der Waals surface area contributed by atoms with Crippen LogP contribution in [0.25, 0.3) is 0 Å². The van der Waals surface area contributed by atoms with Crippen LogP contribution in [0, 0.1) is 18.8 Å². The highest BCUT2D eigenvalue weighted by Crippen LogP contribution is 2.28. The van der Waals surface area contributed by atoms with E-state index < -0.39 is 0 Å². The van der Waals surface area contributed by atoms with Crippen molar-refractivity contribution in [2.75, 3.05) is 18.4 Å². The fourth-order valence-electron chi connectivity index (χ4n) is 3.88. The van der Waals surface area contributed by atoms with Crippen molar-refractivity contribution in [3.8, 4) is 0 Å². The van der Waals surface area contributed by atoms with Gasteiger partial charge in [-0.2, -0.15) is 0 Å². The van der Waals surface area contributed by atoms with Crippen LogP contribution in [0.1, 0.15) is 50.5 Å². The summed E-state index contributed by atoms with van der Waals surface area (Å²) in [6, 6.07) is 5.57. The van der Waals surface area contributed by atoms with Crippen LogP contribution in [0.2, 0.25) is 5.02 Å². The lowest BCUT2D eigenvalue weighted by Gasteiger charge is -2.34. The first kappa shape index (κ1) is 18.2. The smallest absolute Gasteiger partial charge is 0.227 e. The summed E-state index contributed by atoms with van der Waals surface area (Å²) in [5, 5.41) is 3.62. The fraction of sp³-hybridized carbons (Fsp3) is 0.600. The lowest BCUT2D eigenvalue weighted by atomic mass is 9.87. The molecule has 0 unspecified atom stereocenters. The topological polar surface area (TPSA) is 49.4 Å². The van der Waals surface area contributed by atoms with E-state index in [1.807, 2.05) is 24.0 Å². The Kier molecular flexibility index (Phi) is 6.00. The Hall–Kier alpha value is -1.55. The number of likely N-dealkylation sites (tertiary alicyclic amines) is 1. The van der Waals surface area contributed by atoms with Crippen LogP contribution in [0.3, 0.4) is 0 Å². The zero-order valence-electron chi connectivity index (χ0n) is 14.9.